The highest BCUT2D eigenvalue weighted by Crippen LogP contribution is 2.31. The van der Waals surface area contributed by atoms with Gasteiger partial charge in [0.15, 0.2) is 0 Å². The second-order valence-electron chi connectivity index (χ2n) is 5.05. The molecule has 3 rings (SSSR count). The lowest BCUT2D eigenvalue weighted by molar-refractivity contribution is 0.352. The van der Waals surface area contributed by atoms with Gasteiger partial charge in [-0.2, -0.15) is 0 Å². The number of hydrogen-bond acceptors (Lipinski definition) is 2. The van der Waals surface area contributed by atoms with Crippen LogP contribution in [0.5, 0.6) is 0 Å². The van der Waals surface area contributed by atoms with E-state index in [1.165, 1.54) is 29.9 Å². The molecule has 1 unspecified atom stereocenters. The maximum atomic E-state index is 4.75. The van der Waals surface area contributed by atoms with Crippen molar-refractivity contribution in [3.8, 4) is 0 Å². The number of rotatable bonds is 2. The van der Waals surface area contributed by atoms with Gasteiger partial charge in [-0.1, -0.05) is 13.0 Å². The molecule has 0 N–H and O–H groups in total. The number of halogens is 1. The number of fused-ring (bicyclic) bond motifs is 1. The first-order chi connectivity index (χ1) is 8.70. The second-order valence-corrected chi connectivity index (χ2v) is 5.80. The predicted octanol–water partition coefficient (Wildman–Crippen LogP) is 3.21. The first-order valence-electron chi connectivity index (χ1n) is 6.56. The molecular weight excluding hydrogens is 290 g/mol. The van der Waals surface area contributed by atoms with Gasteiger partial charge in [0.1, 0.15) is 10.4 Å². The van der Waals surface area contributed by atoms with Crippen LogP contribution in [0.1, 0.15) is 30.7 Å². The molecule has 0 bridgehead atoms. The quantitative estimate of drug-likeness (QED) is 0.849. The maximum Gasteiger partial charge on any atom is 0.132 e. The van der Waals surface area contributed by atoms with Crippen molar-refractivity contribution < 1.29 is 0 Å². The van der Waals surface area contributed by atoms with Crippen molar-refractivity contribution in [3.05, 3.63) is 34.3 Å². The van der Waals surface area contributed by atoms with Gasteiger partial charge in [-0.25, -0.2) is 4.98 Å². The van der Waals surface area contributed by atoms with Crippen molar-refractivity contribution in [2.45, 2.75) is 26.2 Å². The minimum Gasteiger partial charge on any atom is -0.303 e. The zero-order chi connectivity index (χ0) is 12.7. The lowest BCUT2D eigenvalue weighted by atomic mass is 10.1. The summed E-state index contributed by atoms with van der Waals surface area (Å²) in [6, 6.07) is 4.24. The summed E-state index contributed by atoms with van der Waals surface area (Å²) >= 11 is 3.60. The highest BCUT2D eigenvalue weighted by atomic mass is 79.9. The Labute approximate surface area is 116 Å². The first kappa shape index (κ1) is 12.2. The summed E-state index contributed by atoms with van der Waals surface area (Å²) in [4.78, 5) is 7.25. The Morgan fingerprint density at radius 1 is 1.50 bits per heavy atom. The van der Waals surface area contributed by atoms with E-state index in [1.807, 2.05) is 0 Å². The van der Waals surface area contributed by atoms with Crippen molar-refractivity contribution in [1.29, 1.82) is 0 Å². The Hall–Kier alpha value is -0.870. The van der Waals surface area contributed by atoms with E-state index in [1.54, 1.807) is 0 Å². The monoisotopic (exact) mass is 307 g/mol. The van der Waals surface area contributed by atoms with Gasteiger partial charge in [-0.15, -0.1) is 0 Å². The summed E-state index contributed by atoms with van der Waals surface area (Å²) in [6.07, 6.45) is 3.34. The fraction of sp³-hybridized carbons (Fsp3) is 0.500. The van der Waals surface area contributed by atoms with Gasteiger partial charge in [-0.05, 0) is 54.0 Å². The number of imidazole rings is 1. The first-order valence-corrected chi connectivity index (χ1v) is 7.35. The molecule has 4 heteroatoms. The van der Waals surface area contributed by atoms with E-state index in [2.05, 4.69) is 57.4 Å². The van der Waals surface area contributed by atoms with Gasteiger partial charge in [-0.3, -0.25) is 0 Å². The molecule has 0 aliphatic carbocycles. The van der Waals surface area contributed by atoms with Gasteiger partial charge in [0.25, 0.3) is 0 Å². The van der Waals surface area contributed by atoms with E-state index in [4.69, 9.17) is 4.98 Å². The van der Waals surface area contributed by atoms with E-state index in [0.29, 0.717) is 5.92 Å². The van der Waals surface area contributed by atoms with E-state index in [0.717, 1.165) is 17.7 Å². The van der Waals surface area contributed by atoms with Crippen LogP contribution in [0, 0.1) is 6.92 Å². The van der Waals surface area contributed by atoms with Crippen molar-refractivity contribution in [2.75, 3.05) is 19.6 Å². The van der Waals surface area contributed by atoms with Crippen molar-refractivity contribution >= 4 is 21.4 Å². The topological polar surface area (TPSA) is 20.5 Å². The number of likely N-dealkylation sites (tertiary alicyclic amines) is 1. The molecule has 2 aromatic rings. The third kappa shape index (κ3) is 1.88. The molecule has 18 heavy (non-hydrogen) atoms. The summed E-state index contributed by atoms with van der Waals surface area (Å²) in [6.45, 7) is 7.83. The summed E-state index contributed by atoms with van der Waals surface area (Å²) in [5.74, 6) is 1.77. The standard InChI is InChI=1S/C14H18BrN3/c1-3-17-8-6-11(9-17)14-16-13(15)12-10(2)5-4-7-18(12)14/h4-5,7,11H,3,6,8-9H2,1-2H3. The number of likely N-dealkylation sites (N-methyl/N-ethyl adjacent to an activating group) is 1. The zero-order valence-corrected chi connectivity index (χ0v) is 12.4. The maximum absolute atomic E-state index is 4.75. The molecule has 0 saturated carbocycles. The Bertz CT molecular complexity index is 576. The third-order valence-electron chi connectivity index (χ3n) is 3.94. The molecular formula is C14H18BrN3. The lowest BCUT2D eigenvalue weighted by Gasteiger charge is -2.12. The largest absolute Gasteiger partial charge is 0.303 e. The molecule has 0 aromatic carbocycles. The van der Waals surface area contributed by atoms with Gasteiger partial charge < -0.3 is 9.30 Å². The van der Waals surface area contributed by atoms with Crippen LogP contribution in [0.25, 0.3) is 5.52 Å². The molecule has 3 heterocycles. The van der Waals surface area contributed by atoms with Crippen LogP contribution >= 0.6 is 15.9 Å². The molecule has 1 fully saturated rings. The third-order valence-corrected chi connectivity index (χ3v) is 4.49. The van der Waals surface area contributed by atoms with Gasteiger partial charge in [0.05, 0.1) is 5.52 Å². The normalized spacial score (nSPS) is 20.9. The smallest absolute Gasteiger partial charge is 0.132 e. The molecule has 1 aliphatic rings. The Kier molecular flexibility index (Phi) is 3.16. The van der Waals surface area contributed by atoms with Gasteiger partial charge in [0.2, 0.25) is 0 Å². The predicted molar refractivity (Wildman–Crippen MR) is 77.1 cm³/mol. The highest BCUT2D eigenvalue weighted by molar-refractivity contribution is 9.10. The number of aryl methyl sites for hydroxylation is 1. The average Bonchev–Trinajstić information content (AvgIpc) is 2.94. The molecule has 0 radical (unpaired) electrons. The van der Waals surface area contributed by atoms with Crippen molar-refractivity contribution in [2.24, 2.45) is 0 Å². The van der Waals surface area contributed by atoms with Crippen molar-refractivity contribution in [1.82, 2.24) is 14.3 Å². The highest BCUT2D eigenvalue weighted by Gasteiger charge is 2.27. The molecule has 96 valence electrons. The molecule has 2 aromatic heterocycles. The number of nitrogens with zero attached hydrogens (tertiary/aromatic N) is 3. The fourth-order valence-corrected chi connectivity index (χ4v) is 3.58. The Morgan fingerprint density at radius 3 is 3.06 bits per heavy atom. The zero-order valence-electron chi connectivity index (χ0n) is 10.9. The van der Waals surface area contributed by atoms with Crippen LogP contribution in [-0.2, 0) is 0 Å². The van der Waals surface area contributed by atoms with E-state index < -0.39 is 0 Å². The van der Waals surface area contributed by atoms with Crippen LogP contribution in [-0.4, -0.2) is 33.9 Å². The SMILES string of the molecule is CCN1CCC(c2nc(Br)c3c(C)cccn23)C1. The van der Waals surface area contributed by atoms with Crippen LogP contribution in [0.2, 0.25) is 0 Å². The lowest BCUT2D eigenvalue weighted by Crippen LogP contribution is -2.19. The second kappa shape index (κ2) is 4.67. The Balaban J connectivity index is 2.06. The Morgan fingerprint density at radius 2 is 2.33 bits per heavy atom. The molecule has 1 saturated heterocycles. The minimum atomic E-state index is 0.561. The van der Waals surface area contributed by atoms with E-state index in [9.17, 15) is 0 Å². The molecule has 0 amide bonds. The van der Waals surface area contributed by atoms with Crippen LogP contribution in [0.15, 0.2) is 22.9 Å². The molecule has 3 nitrogen and oxygen atoms in total. The molecule has 1 atom stereocenters. The molecule has 1 aliphatic heterocycles. The fourth-order valence-electron chi connectivity index (χ4n) is 2.90. The summed E-state index contributed by atoms with van der Waals surface area (Å²) in [5.41, 5.74) is 2.48. The van der Waals surface area contributed by atoms with Crippen LogP contribution in [0.4, 0.5) is 0 Å². The van der Waals surface area contributed by atoms with Gasteiger partial charge >= 0.3 is 0 Å². The van der Waals surface area contributed by atoms with E-state index >= 15 is 0 Å². The number of pyridine rings is 1. The average molecular weight is 308 g/mol. The summed E-state index contributed by atoms with van der Waals surface area (Å²) in [5, 5.41) is 0. The van der Waals surface area contributed by atoms with Crippen molar-refractivity contribution in [3.63, 3.8) is 0 Å². The van der Waals surface area contributed by atoms with Crippen LogP contribution in [0.3, 0.4) is 0 Å². The number of hydrogen-bond donors (Lipinski definition) is 0. The minimum absolute atomic E-state index is 0.561. The summed E-state index contributed by atoms with van der Waals surface area (Å²) < 4.78 is 3.23. The summed E-state index contributed by atoms with van der Waals surface area (Å²) in [7, 11) is 0. The number of aromatic nitrogens is 2. The van der Waals surface area contributed by atoms with E-state index in [-0.39, 0.29) is 0 Å². The van der Waals surface area contributed by atoms with Crippen LogP contribution < -0.4 is 0 Å². The molecule has 0 spiro atoms. The van der Waals surface area contributed by atoms with Gasteiger partial charge in [0, 0.05) is 18.7 Å².